The summed E-state index contributed by atoms with van der Waals surface area (Å²) in [5.41, 5.74) is 3.20. The summed E-state index contributed by atoms with van der Waals surface area (Å²) in [7, 11) is 0. The Bertz CT molecular complexity index is 615. The lowest BCUT2D eigenvalue weighted by molar-refractivity contribution is 0.489. The third-order valence-corrected chi connectivity index (χ3v) is 3.87. The van der Waals surface area contributed by atoms with Gasteiger partial charge in [-0.15, -0.1) is 0 Å². The lowest BCUT2D eigenvalue weighted by Crippen LogP contribution is -1.87. The van der Waals surface area contributed by atoms with Crippen LogP contribution in [0.5, 0.6) is 0 Å². The molecule has 96 valence electrons. The lowest BCUT2D eigenvalue weighted by Gasteiger charge is -1.99. The van der Waals surface area contributed by atoms with E-state index in [4.69, 9.17) is 4.42 Å². The van der Waals surface area contributed by atoms with Gasteiger partial charge >= 0.3 is 0 Å². The highest BCUT2D eigenvalue weighted by Gasteiger charge is 2.04. The summed E-state index contributed by atoms with van der Waals surface area (Å²) >= 11 is 1.69. The van der Waals surface area contributed by atoms with E-state index in [1.807, 2.05) is 24.3 Å². The van der Waals surface area contributed by atoms with E-state index < -0.39 is 0 Å². The van der Waals surface area contributed by atoms with E-state index in [1.165, 1.54) is 5.56 Å². The topological polar surface area (TPSA) is 26.0 Å². The zero-order valence-corrected chi connectivity index (χ0v) is 11.4. The number of hydrogen-bond donors (Lipinski definition) is 0. The Labute approximate surface area is 116 Å². The van der Waals surface area contributed by atoms with E-state index in [1.54, 1.807) is 11.8 Å². The van der Waals surface area contributed by atoms with Crippen LogP contribution in [0, 0.1) is 0 Å². The summed E-state index contributed by atoms with van der Waals surface area (Å²) < 4.78 is 5.67. The number of oxazole rings is 1. The van der Waals surface area contributed by atoms with Crippen LogP contribution in [0.3, 0.4) is 0 Å². The largest absolute Gasteiger partial charge is 0.431 e. The number of aryl methyl sites for hydroxylation is 1. The molecule has 0 aliphatic heterocycles. The molecule has 1 heterocycles. The van der Waals surface area contributed by atoms with Crippen molar-refractivity contribution in [1.29, 1.82) is 0 Å². The third kappa shape index (κ3) is 3.18. The minimum absolute atomic E-state index is 0.772. The maximum Gasteiger partial charge on any atom is 0.256 e. The Morgan fingerprint density at radius 2 is 1.74 bits per heavy atom. The first-order valence-electron chi connectivity index (χ1n) is 6.44. The molecule has 0 saturated heterocycles. The van der Waals surface area contributed by atoms with Gasteiger partial charge in [-0.25, -0.2) is 4.98 Å². The maximum absolute atomic E-state index is 5.67. The molecule has 0 aliphatic carbocycles. The van der Waals surface area contributed by atoms with Crippen LogP contribution in [-0.4, -0.2) is 10.7 Å². The Morgan fingerprint density at radius 3 is 2.58 bits per heavy atom. The van der Waals surface area contributed by atoms with E-state index >= 15 is 0 Å². The van der Waals surface area contributed by atoms with Gasteiger partial charge in [-0.1, -0.05) is 54.2 Å². The first-order valence-corrected chi connectivity index (χ1v) is 7.43. The SMILES string of the molecule is c1ccc(CCCSc2nc3ccccc3o2)cc1. The molecule has 3 aromatic rings. The first-order chi connectivity index (χ1) is 9.42. The highest BCUT2D eigenvalue weighted by atomic mass is 32.2. The molecule has 0 aliphatic rings. The van der Waals surface area contributed by atoms with Crippen molar-refractivity contribution in [1.82, 2.24) is 4.98 Å². The molecule has 3 rings (SSSR count). The van der Waals surface area contributed by atoms with Crippen molar-refractivity contribution in [2.75, 3.05) is 5.75 Å². The molecule has 3 heteroatoms. The molecule has 0 radical (unpaired) electrons. The van der Waals surface area contributed by atoms with Gasteiger partial charge in [0.1, 0.15) is 5.52 Å². The molecule has 2 aromatic carbocycles. The molecule has 0 amide bonds. The zero-order chi connectivity index (χ0) is 12.9. The molecule has 19 heavy (non-hydrogen) atoms. The Kier molecular flexibility index (Phi) is 3.84. The van der Waals surface area contributed by atoms with Gasteiger partial charge in [-0.3, -0.25) is 0 Å². The van der Waals surface area contributed by atoms with Crippen LogP contribution >= 0.6 is 11.8 Å². The second-order valence-corrected chi connectivity index (χ2v) is 5.43. The fourth-order valence-electron chi connectivity index (χ4n) is 1.99. The van der Waals surface area contributed by atoms with Gasteiger partial charge in [0.2, 0.25) is 0 Å². The van der Waals surface area contributed by atoms with E-state index in [2.05, 4.69) is 35.3 Å². The first kappa shape index (κ1) is 12.3. The van der Waals surface area contributed by atoms with Crippen LogP contribution in [0.2, 0.25) is 0 Å². The van der Waals surface area contributed by atoms with Gasteiger partial charge in [0.15, 0.2) is 5.58 Å². The summed E-state index contributed by atoms with van der Waals surface area (Å²) in [4.78, 5) is 4.45. The molecule has 2 nitrogen and oxygen atoms in total. The summed E-state index contributed by atoms with van der Waals surface area (Å²) in [6.45, 7) is 0. The minimum atomic E-state index is 0.772. The quantitative estimate of drug-likeness (QED) is 0.502. The number of aromatic nitrogens is 1. The van der Waals surface area contributed by atoms with E-state index in [0.29, 0.717) is 0 Å². The molecule has 0 saturated carbocycles. The van der Waals surface area contributed by atoms with Gasteiger partial charge in [0.25, 0.3) is 5.22 Å². The normalized spacial score (nSPS) is 10.9. The van der Waals surface area contributed by atoms with Crippen LogP contribution in [-0.2, 0) is 6.42 Å². The monoisotopic (exact) mass is 269 g/mol. The number of thioether (sulfide) groups is 1. The summed E-state index contributed by atoms with van der Waals surface area (Å²) in [5, 5.41) is 0.772. The number of benzene rings is 2. The van der Waals surface area contributed by atoms with Crippen molar-refractivity contribution in [3.8, 4) is 0 Å². The summed E-state index contributed by atoms with van der Waals surface area (Å²) in [5.74, 6) is 1.03. The summed E-state index contributed by atoms with van der Waals surface area (Å²) in [6, 6.07) is 18.5. The minimum Gasteiger partial charge on any atom is -0.431 e. The van der Waals surface area contributed by atoms with Crippen molar-refractivity contribution < 1.29 is 4.42 Å². The number of nitrogens with zero attached hydrogens (tertiary/aromatic N) is 1. The molecule has 0 unspecified atom stereocenters. The van der Waals surface area contributed by atoms with E-state index in [9.17, 15) is 0 Å². The molecule has 0 fully saturated rings. The smallest absolute Gasteiger partial charge is 0.256 e. The third-order valence-electron chi connectivity index (χ3n) is 2.95. The Morgan fingerprint density at radius 1 is 0.947 bits per heavy atom. The van der Waals surface area contributed by atoms with Crippen LogP contribution in [0.25, 0.3) is 11.1 Å². The van der Waals surface area contributed by atoms with Gasteiger partial charge in [-0.2, -0.15) is 0 Å². The zero-order valence-electron chi connectivity index (χ0n) is 10.6. The van der Waals surface area contributed by atoms with E-state index in [0.717, 1.165) is 34.9 Å². The molecule has 0 atom stereocenters. The molecule has 0 spiro atoms. The Balaban J connectivity index is 1.52. The predicted octanol–water partition coefficient (Wildman–Crippen LogP) is 4.55. The predicted molar refractivity (Wildman–Crippen MR) is 79.5 cm³/mol. The molecule has 0 bridgehead atoms. The second-order valence-electron chi connectivity index (χ2n) is 4.39. The number of rotatable bonds is 5. The standard InChI is InChI=1S/C16H15NOS/c1-2-7-13(8-3-1)9-6-12-19-16-17-14-10-4-5-11-15(14)18-16/h1-5,7-8,10-11H,6,9,12H2. The molecule has 0 N–H and O–H groups in total. The van der Waals surface area contributed by atoms with Gasteiger partial charge in [-0.05, 0) is 30.5 Å². The highest BCUT2D eigenvalue weighted by Crippen LogP contribution is 2.23. The van der Waals surface area contributed by atoms with Crippen molar-refractivity contribution in [2.45, 2.75) is 18.1 Å². The average molecular weight is 269 g/mol. The second kappa shape index (κ2) is 5.93. The number of hydrogen-bond acceptors (Lipinski definition) is 3. The fourth-order valence-corrected chi connectivity index (χ4v) is 2.77. The van der Waals surface area contributed by atoms with E-state index in [-0.39, 0.29) is 0 Å². The molecule has 1 aromatic heterocycles. The van der Waals surface area contributed by atoms with Crippen LogP contribution in [0.15, 0.2) is 64.2 Å². The average Bonchev–Trinajstić information content (AvgIpc) is 2.87. The van der Waals surface area contributed by atoms with Crippen molar-refractivity contribution >= 4 is 22.9 Å². The number of fused-ring (bicyclic) bond motifs is 1. The number of para-hydroxylation sites is 2. The van der Waals surface area contributed by atoms with Gasteiger partial charge in [0, 0.05) is 5.75 Å². The maximum atomic E-state index is 5.67. The van der Waals surface area contributed by atoms with Crippen molar-refractivity contribution in [2.24, 2.45) is 0 Å². The Hall–Kier alpha value is -1.74. The van der Waals surface area contributed by atoms with Crippen molar-refractivity contribution in [3.05, 3.63) is 60.2 Å². The van der Waals surface area contributed by atoms with Crippen LogP contribution in [0.1, 0.15) is 12.0 Å². The van der Waals surface area contributed by atoms with Crippen LogP contribution in [0.4, 0.5) is 0 Å². The van der Waals surface area contributed by atoms with Crippen LogP contribution < -0.4 is 0 Å². The molecular formula is C16H15NOS. The van der Waals surface area contributed by atoms with Gasteiger partial charge < -0.3 is 4.42 Å². The summed E-state index contributed by atoms with van der Waals surface area (Å²) in [6.07, 6.45) is 2.24. The van der Waals surface area contributed by atoms with Gasteiger partial charge in [0.05, 0.1) is 0 Å². The fraction of sp³-hybridized carbons (Fsp3) is 0.188. The molecular weight excluding hydrogens is 254 g/mol. The van der Waals surface area contributed by atoms with Crippen molar-refractivity contribution in [3.63, 3.8) is 0 Å². The lowest BCUT2D eigenvalue weighted by atomic mass is 10.1. The highest BCUT2D eigenvalue weighted by molar-refractivity contribution is 7.99.